The number of hydrogen-bond acceptors (Lipinski definition) is 3. The molecule has 0 atom stereocenters. The molecule has 4 rings (SSSR count). The Hall–Kier alpha value is -3.34. The quantitative estimate of drug-likeness (QED) is 0.522. The first-order chi connectivity index (χ1) is 12.6. The SMILES string of the molecule is Cc1ccccc1-c1nncc2cc(Nc3ccc(F)cc3F)ccc12. The van der Waals surface area contributed by atoms with E-state index in [1.165, 1.54) is 12.1 Å². The van der Waals surface area contributed by atoms with Crippen LogP contribution in [-0.4, -0.2) is 10.2 Å². The molecule has 0 aliphatic carbocycles. The van der Waals surface area contributed by atoms with Crippen molar-refractivity contribution >= 4 is 22.1 Å². The van der Waals surface area contributed by atoms with E-state index in [9.17, 15) is 8.78 Å². The van der Waals surface area contributed by atoms with E-state index in [1.54, 1.807) is 6.20 Å². The number of nitrogens with one attached hydrogen (secondary N) is 1. The summed E-state index contributed by atoms with van der Waals surface area (Å²) >= 11 is 0. The smallest absolute Gasteiger partial charge is 0.149 e. The Kier molecular flexibility index (Phi) is 4.05. The minimum Gasteiger partial charge on any atom is -0.353 e. The third kappa shape index (κ3) is 2.99. The Morgan fingerprint density at radius 1 is 0.923 bits per heavy atom. The lowest BCUT2D eigenvalue weighted by Gasteiger charge is -2.11. The topological polar surface area (TPSA) is 37.8 Å². The zero-order valence-electron chi connectivity index (χ0n) is 14.0. The second kappa shape index (κ2) is 6.52. The van der Waals surface area contributed by atoms with E-state index >= 15 is 0 Å². The van der Waals surface area contributed by atoms with Gasteiger partial charge in [0.1, 0.15) is 17.3 Å². The van der Waals surface area contributed by atoms with E-state index in [4.69, 9.17) is 0 Å². The highest BCUT2D eigenvalue weighted by Crippen LogP contribution is 2.30. The van der Waals surface area contributed by atoms with E-state index in [-0.39, 0.29) is 5.69 Å². The number of aryl methyl sites for hydroxylation is 1. The summed E-state index contributed by atoms with van der Waals surface area (Å²) in [5.74, 6) is -1.25. The molecule has 0 bridgehead atoms. The molecule has 0 amide bonds. The molecule has 5 heteroatoms. The molecule has 3 nitrogen and oxygen atoms in total. The van der Waals surface area contributed by atoms with Gasteiger partial charge in [0.05, 0.1) is 11.9 Å². The molecule has 4 aromatic rings. The average molecular weight is 347 g/mol. The molecule has 0 radical (unpaired) electrons. The van der Waals surface area contributed by atoms with Crippen molar-refractivity contribution in [2.24, 2.45) is 0 Å². The molecular weight excluding hydrogens is 332 g/mol. The number of rotatable bonds is 3. The van der Waals surface area contributed by atoms with Crippen molar-refractivity contribution in [3.8, 4) is 11.3 Å². The number of nitrogens with zero attached hydrogens (tertiary/aromatic N) is 2. The van der Waals surface area contributed by atoms with Crippen LogP contribution >= 0.6 is 0 Å². The van der Waals surface area contributed by atoms with Gasteiger partial charge in [0.15, 0.2) is 0 Å². The number of anilines is 2. The maximum Gasteiger partial charge on any atom is 0.149 e. The van der Waals surface area contributed by atoms with Crippen molar-refractivity contribution in [1.29, 1.82) is 0 Å². The van der Waals surface area contributed by atoms with Crippen molar-refractivity contribution in [2.75, 3.05) is 5.32 Å². The molecule has 1 N–H and O–H groups in total. The van der Waals surface area contributed by atoms with Crippen molar-refractivity contribution < 1.29 is 8.78 Å². The van der Waals surface area contributed by atoms with Gasteiger partial charge in [0, 0.05) is 28.1 Å². The van der Waals surface area contributed by atoms with Gasteiger partial charge in [-0.2, -0.15) is 5.10 Å². The zero-order chi connectivity index (χ0) is 18.1. The van der Waals surface area contributed by atoms with Crippen molar-refractivity contribution in [1.82, 2.24) is 10.2 Å². The van der Waals surface area contributed by atoms with Gasteiger partial charge in [-0.25, -0.2) is 8.78 Å². The first-order valence-electron chi connectivity index (χ1n) is 8.15. The van der Waals surface area contributed by atoms with Gasteiger partial charge in [-0.05, 0) is 42.8 Å². The fraction of sp³-hybridized carbons (Fsp3) is 0.0476. The molecule has 1 heterocycles. The van der Waals surface area contributed by atoms with Crippen LogP contribution in [0.15, 0.2) is 66.9 Å². The minimum absolute atomic E-state index is 0.215. The van der Waals surface area contributed by atoms with Crippen molar-refractivity contribution in [3.05, 3.63) is 84.1 Å². The zero-order valence-corrected chi connectivity index (χ0v) is 14.0. The number of aromatic nitrogens is 2. The summed E-state index contributed by atoms with van der Waals surface area (Å²) in [5, 5.41) is 13.2. The second-order valence-electron chi connectivity index (χ2n) is 6.06. The van der Waals surface area contributed by atoms with Gasteiger partial charge in [0.25, 0.3) is 0 Å². The summed E-state index contributed by atoms with van der Waals surface area (Å²) in [5.41, 5.74) is 3.85. The lowest BCUT2D eigenvalue weighted by atomic mass is 10.0. The largest absolute Gasteiger partial charge is 0.353 e. The van der Waals surface area contributed by atoms with E-state index in [1.807, 2.05) is 49.4 Å². The van der Waals surface area contributed by atoms with Gasteiger partial charge in [-0.15, -0.1) is 5.10 Å². The molecule has 0 saturated carbocycles. The average Bonchev–Trinajstić information content (AvgIpc) is 2.64. The molecule has 26 heavy (non-hydrogen) atoms. The fourth-order valence-electron chi connectivity index (χ4n) is 2.95. The van der Waals surface area contributed by atoms with E-state index in [0.717, 1.165) is 33.7 Å². The second-order valence-corrected chi connectivity index (χ2v) is 6.06. The molecule has 1 aromatic heterocycles. The Morgan fingerprint density at radius 2 is 1.77 bits per heavy atom. The number of hydrogen-bond donors (Lipinski definition) is 1. The molecule has 0 spiro atoms. The monoisotopic (exact) mass is 347 g/mol. The van der Waals surface area contributed by atoms with Crippen LogP contribution in [0.2, 0.25) is 0 Å². The third-order valence-corrected chi connectivity index (χ3v) is 4.27. The number of benzene rings is 3. The highest BCUT2D eigenvalue weighted by Gasteiger charge is 2.10. The van der Waals surface area contributed by atoms with Gasteiger partial charge < -0.3 is 5.32 Å². The number of halogens is 2. The van der Waals surface area contributed by atoms with Crippen LogP contribution in [0.25, 0.3) is 22.0 Å². The summed E-state index contributed by atoms with van der Waals surface area (Å²) in [6, 6.07) is 17.1. The van der Waals surface area contributed by atoms with Gasteiger partial charge >= 0.3 is 0 Å². The molecule has 0 saturated heterocycles. The molecule has 0 unspecified atom stereocenters. The fourth-order valence-corrected chi connectivity index (χ4v) is 2.95. The molecular formula is C21H15F2N3. The Balaban J connectivity index is 1.76. The Bertz CT molecular complexity index is 1110. The summed E-state index contributed by atoms with van der Waals surface area (Å²) in [7, 11) is 0. The first kappa shape index (κ1) is 16.1. The maximum atomic E-state index is 13.9. The molecule has 0 fully saturated rings. The summed E-state index contributed by atoms with van der Waals surface area (Å²) in [6.07, 6.45) is 1.67. The van der Waals surface area contributed by atoms with Crippen LogP contribution in [0.4, 0.5) is 20.2 Å². The van der Waals surface area contributed by atoms with Crippen LogP contribution in [-0.2, 0) is 0 Å². The highest BCUT2D eigenvalue weighted by atomic mass is 19.1. The summed E-state index contributed by atoms with van der Waals surface area (Å²) in [4.78, 5) is 0. The normalized spacial score (nSPS) is 10.9. The predicted octanol–water partition coefficient (Wildman–Crippen LogP) is 5.63. The van der Waals surface area contributed by atoms with E-state index < -0.39 is 11.6 Å². The first-order valence-corrected chi connectivity index (χ1v) is 8.15. The van der Waals surface area contributed by atoms with Gasteiger partial charge in [0.2, 0.25) is 0 Å². The Morgan fingerprint density at radius 3 is 2.58 bits per heavy atom. The lowest BCUT2D eigenvalue weighted by Crippen LogP contribution is -1.96. The van der Waals surface area contributed by atoms with Crippen LogP contribution < -0.4 is 5.32 Å². The van der Waals surface area contributed by atoms with Crippen LogP contribution in [0.5, 0.6) is 0 Å². The van der Waals surface area contributed by atoms with Crippen molar-refractivity contribution in [3.63, 3.8) is 0 Å². The third-order valence-electron chi connectivity index (χ3n) is 4.27. The molecule has 3 aromatic carbocycles. The van der Waals surface area contributed by atoms with Crippen LogP contribution in [0, 0.1) is 18.6 Å². The van der Waals surface area contributed by atoms with Gasteiger partial charge in [-0.3, -0.25) is 0 Å². The molecule has 0 aliphatic rings. The molecule has 128 valence electrons. The van der Waals surface area contributed by atoms with E-state index in [2.05, 4.69) is 15.5 Å². The summed E-state index contributed by atoms with van der Waals surface area (Å²) < 4.78 is 26.9. The number of fused-ring (bicyclic) bond motifs is 1. The lowest BCUT2D eigenvalue weighted by molar-refractivity contribution is 0.586. The maximum absolute atomic E-state index is 13.9. The minimum atomic E-state index is -0.640. The van der Waals surface area contributed by atoms with Crippen LogP contribution in [0.3, 0.4) is 0 Å². The molecule has 0 aliphatic heterocycles. The van der Waals surface area contributed by atoms with Crippen LogP contribution in [0.1, 0.15) is 5.56 Å². The van der Waals surface area contributed by atoms with E-state index in [0.29, 0.717) is 5.69 Å². The predicted molar refractivity (Wildman–Crippen MR) is 99.4 cm³/mol. The van der Waals surface area contributed by atoms with Crippen molar-refractivity contribution in [2.45, 2.75) is 6.92 Å². The summed E-state index contributed by atoms with van der Waals surface area (Å²) in [6.45, 7) is 2.03. The van der Waals surface area contributed by atoms with Gasteiger partial charge in [-0.1, -0.05) is 24.3 Å². The highest BCUT2D eigenvalue weighted by molar-refractivity contribution is 5.96. The standard InChI is InChI=1S/C21H15F2N3/c1-13-4-2-3-5-17(13)21-18-8-7-16(10-14(18)12-24-26-21)25-20-9-6-15(22)11-19(20)23/h2-12,25H,1H3. The Labute approximate surface area is 149 Å².